The fraction of sp³-hybridized carbons (Fsp3) is 0.259. The fourth-order valence-corrected chi connectivity index (χ4v) is 5.90. The van der Waals surface area contributed by atoms with Crippen molar-refractivity contribution >= 4 is 62.3 Å². The minimum Gasteiger partial charge on any atom is -0.357 e. The van der Waals surface area contributed by atoms with E-state index in [1.807, 2.05) is 6.92 Å². The zero-order valence-electron chi connectivity index (χ0n) is 21.3. The second-order valence-electron chi connectivity index (χ2n) is 8.82. The number of anilines is 1. The van der Waals surface area contributed by atoms with E-state index >= 15 is 0 Å². The number of hydrogen-bond acceptors (Lipinski definition) is 4. The van der Waals surface area contributed by atoms with E-state index in [-0.39, 0.29) is 11.4 Å². The van der Waals surface area contributed by atoms with E-state index in [0.29, 0.717) is 31.9 Å². The van der Waals surface area contributed by atoms with Crippen LogP contribution in [-0.2, 0) is 26.2 Å². The number of likely N-dealkylation sites (N-methyl/N-ethyl adjacent to an activating group) is 1. The predicted molar refractivity (Wildman–Crippen MR) is 152 cm³/mol. The molecule has 0 aromatic heterocycles. The zero-order chi connectivity index (χ0) is 28.2. The van der Waals surface area contributed by atoms with Gasteiger partial charge in [0, 0.05) is 18.6 Å². The summed E-state index contributed by atoms with van der Waals surface area (Å²) in [5.74, 6) is -0.994. The molecular weight excluding hydrogens is 569 g/mol. The molecule has 0 fully saturated rings. The number of rotatable bonds is 9. The second-order valence-corrected chi connectivity index (χ2v) is 11.9. The summed E-state index contributed by atoms with van der Waals surface area (Å²) in [5, 5.41) is 3.62. The number of nitrogens with one attached hydrogen (secondary N) is 1. The summed E-state index contributed by atoms with van der Waals surface area (Å²) >= 11 is 18.3. The minimum absolute atomic E-state index is 0.00231. The van der Waals surface area contributed by atoms with Gasteiger partial charge in [-0.15, -0.1) is 0 Å². The van der Waals surface area contributed by atoms with Crippen molar-refractivity contribution in [3.05, 3.63) is 92.4 Å². The standard InChI is InChI=1S/C27H28Cl3N3O4S/c1-17-5-9-22(10-6-17)38(36,37)33(25-12-8-21(28)13-18(25)2)16-26(34)32(19(3)27(35)31-4)15-20-7-11-23(29)24(30)14-20/h5-14,19H,15-16H2,1-4H3,(H,31,35). The maximum atomic E-state index is 13.9. The Kier molecular flexibility index (Phi) is 9.70. The van der Waals surface area contributed by atoms with E-state index in [9.17, 15) is 18.0 Å². The summed E-state index contributed by atoms with van der Waals surface area (Å²) in [5.41, 5.74) is 2.38. The third-order valence-electron chi connectivity index (χ3n) is 6.07. The molecule has 3 rings (SSSR count). The number of hydrogen-bond donors (Lipinski definition) is 1. The summed E-state index contributed by atoms with van der Waals surface area (Å²) in [4.78, 5) is 27.7. The molecular formula is C27H28Cl3N3O4S. The lowest BCUT2D eigenvalue weighted by Gasteiger charge is -2.32. The van der Waals surface area contributed by atoms with Crippen molar-refractivity contribution in [1.82, 2.24) is 10.2 Å². The predicted octanol–water partition coefficient (Wildman–Crippen LogP) is 5.62. The lowest BCUT2D eigenvalue weighted by Crippen LogP contribution is -2.50. The molecule has 1 N–H and O–H groups in total. The van der Waals surface area contributed by atoms with Crippen molar-refractivity contribution in [1.29, 1.82) is 0 Å². The van der Waals surface area contributed by atoms with E-state index in [4.69, 9.17) is 34.8 Å². The lowest BCUT2D eigenvalue weighted by molar-refractivity contribution is -0.139. The number of amides is 2. The van der Waals surface area contributed by atoms with Gasteiger partial charge in [0.15, 0.2) is 0 Å². The van der Waals surface area contributed by atoms with E-state index in [2.05, 4.69) is 5.32 Å². The van der Waals surface area contributed by atoms with Crippen LogP contribution in [0, 0.1) is 13.8 Å². The Bertz CT molecular complexity index is 1450. The van der Waals surface area contributed by atoms with Crippen LogP contribution in [0.4, 0.5) is 5.69 Å². The second kappa shape index (κ2) is 12.4. The number of halogens is 3. The summed E-state index contributed by atoms with van der Waals surface area (Å²) in [6.45, 7) is 4.58. The minimum atomic E-state index is -4.17. The summed E-state index contributed by atoms with van der Waals surface area (Å²) in [6, 6.07) is 15.1. The van der Waals surface area contributed by atoms with Gasteiger partial charge in [0.1, 0.15) is 12.6 Å². The SMILES string of the molecule is CNC(=O)C(C)N(Cc1ccc(Cl)c(Cl)c1)C(=O)CN(c1ccc(Cl)cc1C)S(=O)(=O)c1ccc(C)cc1. The van der Waals surface area contributed by atoms with Crippen LogP contribution in [0.1, 0.15) is 23.6 Å². The van der Waals surface area contributed by atoms with E-state index < -0.39 is 34.4 Å². The molecule has 11 heteroatoms. The van der Waals surface area contributed by atoms with Crippen LogP contribution < -0.4 is 9.62 Å². The molecule has 3 aromatic rings. The van der Waals surface area contributed by atoms with Gasteiger partial charge in [-0.05, 0) is 74.4 Å². The van der Waals surface area contributed by atoms with Crippen LogP contribution in [0.3, 0.4) is 0 Å². The van der Waals surface area contributed by atoms with Crippen molar-refractivity contribution < 1.29 is 18.0 Å². The normalized spacial score (nSPS) is 12.1. The highest BCUT2D eigenvalue weighted by atomic mass is 35.5. The van der Waals surface area contributed by atoms with Crippen molar-refractivity contribution in [3.8, 4) is 0 Å². The topological polar surface area (TPSA) is 86.8 Å². The Morgan fingerprint density at radius 3 is 2.16 bits per heavy atom. The highest BCUT2D eigenvalue weighted by molar-refractivity contribution is 7.92. The Morgan fingerprint density at radius 2 is 1.58 bits per heavy atom. The van der Waals surface area contributed by atoms with Crippen molar-refractivity contribution in [2.45, 2.75) is 38.3 Å². The number of carbonyl (C=O) groups is 2. The third kappa shape index (κ3) is 6.80. The van der Waals surface area contributed by atoms with Crippen LogP contribution in [0.5, 0.6) is 0 Å². The fourth-order valence-electron chi connectivity index (χ4n) is 3.88. The summed E-state index contributed by atoms with van der Waals surface area (Å²) < 4.78 is 28.7. The molecule has 2 amide bonds. The van der Waals surface area contributed by atoms with Crippen LogP contribution in [0.2, 0.25) is 15.1 Å². The number of benzene rings is 3. The molecule has 38 heavy (non-hydrogen) atoms. The number of sulfonamides is 1. The van der Waals surface area contributed by atoms with E-state index in [0.717, 1.165) is 9.87 Å². The Hall–Kier alpha value is -2.78. The molecule has 3 aromatic carbocycles. The van der Waals surface area contributed by atoms with Gasteiger partial charge in [-0.25, -0.2) is 8.42 Å². The Morgan fingerprint density at radius 1 is 0.921 bits per heavy atom. The molecule has 0 aliphatic heterocycles. The molecule has 0 saturated carbocycles. The molecule has 7 nitrogen and oxygen atoms in total. The van der Waals surface area contributed by atoms with Crippen molar-refractivity contribution in [2.24, 2.45) is 0 Å². The van der Waals surface area contributed by atoms with Gasteiger partial charge in [-0.2, -0.15) is 0 Å². The molecule has 1 atom stereocenters. The van der Waals surface area contributed by atoms with Crippen LogP contribution >= 0.6 is 34.8 Å². The molecule has 0 bridgehead atoms. The molecule has 0 radical (unpaired) electrons. The van der Waals surface area contributed by atoms with Crippen molar-refractivity contribution in [3.63, 3.8) is 0 Å². The first-order chi connectivity index (χ1) is 17.8. The van der Waals surface area contributed by atoms with Crippen LogP contribution in [-0.4, -0.2) is 44.8 Å². The lowest BCUT2D eigenvalue weighted by atomic mass is 10.1. The smallest absolute Gasteiger partial charge is 0.264 e. The average Bonchev–Trinajstić information content (AvgIpc) is 2.87. The molecule has 0 spiro atoms. The Balaban J connectivity index is 2.07. The monoisotopic (exact) mass is 595 g/mol. The van der Waals surface area contributed by atoms with E-state index in [1.165, 1.54) is 24.1 Å². The molecule has 202 valence electrons. The Labute approximate surface area is 238 Å². The highest BCUT2D eigenvalue weighted by Crippen LogP contribution is 2.30. The van der Waals surface area contributed by atoms with Gasteiger partial charge >= 0.3 is 0 Å². The summed E-state index contributed by atoms with van der Waals surface area (Å²) in [6.07, 6.45) is 0. The van der Waals surface area contributed by atoms with Gasteiger partial charge in [0.05, 0.1) is 20.6 Å². The third-order valence-corrected chi connectivity index (χ3v) is 8.81. The number of aryl methyl sites for hydroxylation is 2. The zero-order valence-corrected chi connectivity index (χ0v) is 24.4. The first kappa shape index (κ1) is 29.8. The molecule has 0 aliphatic rings. The molecule has 0 saturated heterocycles. The molecule has 0 heterocycles. The van der Waals surface area contributed by atoms with E-state index in [1.54, 1.807) is 62.4 Å². The maximum Gasteiger partial charge on any atom is 0.264 e. The number of nitrogens with zero attached hydrogens (tertiary/aromatic N) is 2. The van der Waals surface area contributed by atoms with Crippen LogP contribution in [0.15, 0.2) is 65.6 Å². The first-order valence-electron chi connectivity index (χ1n) is 11.7. The highest BCUT2D eigenvalue weighted by Gasteiger charge is 2.33. The average molecular weight is 597 g/mol. The molecule has 1 unspecified atom stereocenters. The maximum absolute atomic E-state index is 13.9. The number of carbonyl (C=O) groups excluding carboxylic acids is 2. The first-order valence-corrected chi connectivity index (χ1v) is 14.2. The summed E-state index contributed by atoms with van der Waals surface area (Å²) in [7, 11) is -2.70. The van der Waals surface area contributed by atoms with Crippen molar-refractivity contribution in [2.75, 3.05) is 17.9 Å². The van der Waals surface area contributed by atoms with Gasteiger partial charge in [-0.1, -0.05) is 58.6 Å². The van der Waals surface area contributed by atoms with Gasteiger partial charge < -0.3 is 10.2 Å². The molecule has 0 aliphatic carbocycles. The van der Waals surface area contributed by atoms with Gasteiger partial charge in [0.2, 0.25) is 11.8 Å². The van der Waals surface area contributed by atoms with Gasteiger partial charge in [0.25, 0.3) is 10.0 Å². The quantitative estimate of drug-likeness (QED) is 0.347. The van der Waals surface area contributed by atoms with Gasteiger partial charge in [-0.3, -0.25) is 13.9 Å². The largest absolute Gasteiger partial charge is 0.357 e. The van der Waals surface area contributed by atoms with Crippen LogP contribution in [0.25, 0.3) is 0 Å².